The molecule has 1 atom stereocenters. The summed E-state index contributed by atoms with van der Waals surface area (Å²) in [6, 6.07) is 7.73. The second-order valence-electron chi connectivity index (χ2n) is 4.41. The number of benzene rings is 1. The average Bonchev–Trinajstić information content (AvgIpc) is 2.87. The normalized spacial score (nSPS) is 17.2. The first-order chi connectivity index (χ1) is 9.70. The van der Waals surface area contributed by atoms with Crippen LogP contribution in [0.3, 0.4) is 0 Å². The number of rotatable bonds is 3. The molecule has 0 saturated heterocycles. The Morgan fingerprint density at radius 3 is 3.10 bits per heavy atom. The Morgan fingerprint density at radius 1 is 1.50 bits per heavy atom. The molecular weight excluding hydrogens is 276 g/mol. The Hall–Kier alpha value is -1.95. The molecule has 2 aromatic rings. The molecule has 104 valence electrons. The van der Waals surface area contributed by atoms with E-state index in [2.05, 4.69) is 5.10 Å². The van der Waals surface area contributed by atoms with Crippen molar-refractivity contribution in [1.82, 2.24) is 9.78 Å². The third kappa shape index (κ3) is 2.16. The number of aromatic nitrogens is 2. The van der Waals surface area contributed by atoms with E-state index in [0.717, 1.165) is 10.6 Å². The van der Waals surface area contributed by atoms with Crippen LogP contribution in [0.2, 0.25) is 0 Å². The van der Waals surface area contributed by atoms with Crippen molar-refractivity contribution in [1.29, 1.82) is 0 Å². The van der Waals surface area contributed by atoms with Crippen LogP contribution in [-0.4, -0.2) is 34.5 Å². The first-order valence-electron chi connectivity index (χ1n) is 6.19. The van der Waals surface area contributed by atoms with E-state index in [9.17, 15) is 4.79 Å². The van der Waals surface area contributed by atoms with Crippen LogP contribution < -0.4 is 9.47 Å². The molecule has 0 fully saturated rings. The minimum absolute atomic E-state index is 0.108. The van der Waals surface area contributed by atoms with E-state index in [1.165, 1.54) is 18.0 Å². The highest BCUT2D eigenvalue weighted by Gasteiger charge is 2.31. The van der Waals surface area contributed by atoms with Gasteiger partial charge in [-0.25, -0.2) is 0 Å². The van der Waals surface area contributed by atoms with E-state index < -0.39 is 6.10 Å². The summed E-state index contributed by atoms with van der Waals surface area (Å²) in [5.74, 6) is 1.71. The molecule has 1 unspecified atom stereocenters. The molecule has 5 nitrogen and oxygen atoms in total. The molecule has 6 heteroatoms. The number of carbonyl (C=O) groups is 1. The lowest BCUT2D eigenvalue weighted by atomic mass is 10.1. The minimum atomic E-state index is -0.515. The van der Waals surface area contributed by atoms with Gasteiger partial charge < -0.3 is 9.47 Å². The maximum Gasteiger partial charge on any atom is 0.225 e. The van der Waals surface area contributed by atoms with E-state index in [-0.39, 0.29) is 5.78 Å². The highest BCUT2D eigenvalue weighted by molar-refractivity contribution is 7.99. The molecule has 1 aliphatic rings. The number of aryl methyl sites for hydroxylation is 1. The topological polar surface area (TPSA) is 53.4 Å². The van der Waals surface area contributed by atoms with Gasteiger partial charge in [0.05, 0.1) is 13.3 Å². The second kappa shape index (κ2) is 5.20. The van der Waals surface area contributed by atoms with Crippen molar-refractivity contribution >= 4 is 17.5 Å². The summed E-state index contributed by atoms with van der Waals surface area (Å²) in [6.45, 7) is 0. The molecule has 20 heavy (non-hydrogen) atoms. The summed E-state index contributed by atoms with van der Waals surface area (Å²) < 4.78 is 12.5. The Bertz CT molecular complexity index is 654. The van der Waals surface area contributed by atoms with Gasteiger partial charge in [-0.2, -0.15) is 5.10 Å². The lowest BCUT2D eigenvalue weighted by Gasteiger charge is -2.24. The third-order valence-corrected chi connectivity index (χ3v) is 4.28. The molecular formula is C14H14N2O3S. The Kier molecular flexibility index (Phi) is 3.40. The lowest BCUT2D eigenvalue weighted by Crippen LogP contribution is -2.33. The Labute approximate surface area is 120 Å². The SMILES string of the molecule is COc1cnn(C)c1C(=O)C1CSc2ccccc2O1. The molecule has 0 spiro atoms. The van der Waals surface area contributed by atoms with E-state index in [0.29, 0.717) is 17.2 Å². The van der Waals surface area contributed by atoms with Gasteiger partial charge in [-0.3, -0.25) is 9.48 Å². The number of hydrogen-bond donors (Lipinski definition) is 0. The third-order valence-electron chi connectivity index (χ3n) is 3.16. The van der Waals surface area contributed by atoms with Crippen LogP contribution >= 0.6 is 11.8 Å². The van der Waals surface area contributed by atoms with Crippen molar-refractivity contribution in [2.45, 2.75) is 11.0 Å². The first kappa shape index (κ1) is 13.1. The number of methoxy groups -OCH3 is 1. The van der Waals surface area contributed by atoms with Crippen molar-refractivity contribution in [3.8, 4) is 11.5 Å². The molecule has 0 saturated carbocycles. The van der Waals surface area contributed by atoms with Gasteiger partial charge in [-0.05, 0) is 12.1 Å². The average molecular weight is 290 g/mol. The Balaban J connectivity index is 1.88. The highest BCUT2D eigenvalue weighted by Crippen LogP contribution is 2.36. The molecule has 3 rings (SSSR count). The van der Waals surface area contributed by atoms with Crippen LogP contribution in [0, 0.1) is 0 Å². The maximum atomic E-state index is 12.6. The largest absolute Gasteiger partial charge is 0.493 e. The molecule has 1 aromatic heterocycles. The summed E-state index contributed by atoms with van der Waals surface area (Å²) in [4.78, 5) is 13.7. The molecule has 0 bridgehead atoms. The summed E-state index contributed by atoms with van der Waals surface area (Å²) in [5, 5.41) is 4.06. The number of thioether (sulfide) groups is 1. The van der Waals surface area contributed by atoms with Gasteiger partial charge in [0.1, 0.15) is 11.4 Å². The lowest BCUT2D eigenvalue weighted by molar-refractivity contribution is 0.0801. The van der Waals surface area contributed by atoms with Gasteiger partial charge in [0, 0.05) is 17.7 Å². The van der Waals surface area contributed by atoms with Gasteiger partial charge in [0.25, 0.3) is 0 Å². The van der Waals surface area contributed by atoms with Gasteiger partial charge >= 0.3 is 0 Å². The molecule has 0 aliphatic carbocycles. The molecule has 1 aliphatic heterocycles. The minimum Gasteiger partial charge on any atom is -0.493 e. The molecule has 1 aromatic carbocycles. The maximum absolute atomic E-state index is 12.6. The van der Waals surface area contributed by atoms with Gasteiger partial charge in [0.15, 0.2) is 11.9 Å². The van der Waals surface area contributed by atoms with Crippen LogP contribution in [-0.2, 0) is 7.05 Å². The van der Waals surface area contributed by atoms with Crippen LogP contribution in [0.1, 0.15) is 10.5 Å². The number of Topliss-reactive ketones (excluding diaryl/α,β-unsaturated/α-hetero) is 1. The predicted molar refractivity (Wildman–Crippen MR) is 75.7 cm³/mol. The zero-order chi connectivity index (χ0) is 14.1. The summed E-state index contributed by atoms with van der Waals surface area (Å²) in [6.07, 6.45) is 1.02. The van der Waals surface area contributed by atoms with E-state index >= 15 is 0 Å². The fourth-order valence-electron chi connectivity index (χ4n) is 2.15. The number of nitrogens with zero attached hydrogens (tertiary/aromatic N) is 2. The summed E-state index contributed by atoms with van der Waals surface area (Å²) in [5.41, 5.74) is 0.442. The molecule has 0 radical (unpaired) electrons. The van der Waals surface area contributed by atoms with Gasteiger partial charge in [-0.15, -0.1) is 11.8 Å². The molecule has 2 heterocycles. The number of hydrogen-bond acceptors (Lipinski definition) is 5. The van der Waals surface area contributed by atoms with Crippen molar-refractivity contribution in [3.63, 3.8) is 0 Å². The standard InChI is InChI=1S/C14H14N2O3S/c1-16-13(10(18-2)7-15-16)14(17)11-8-20-12-6-4-3-5-9(12)19-11/h3-7,11H,8H2,1-2H3. The van der Waals surface area contributed by atoms with Crippen molar-refractivity contribution < 1.29 is 14.3 Å². The van der Waals surface area contributed by atoms with Crippen LogP contribution in [0.15, 0.2) is 35.4 Å². The highest BCUT2D eigenvalue weighted by atomic mass is 32.2. The van der Waals surface area contributed by atoms with E-state index in [1.54, 1.807) is 18.8 Å². The first-order valence-corrected chi connectivity index (χ1v) is 7.18. The quantitative estimate of drug-likeness (QED) is 0.811. The molecule has 0 N–H and O–H groups in total. The van der Waals surface area contributed by atoms with Gasteiger partial charge in [0.2, 0.25) is 5.78 Å². The zero-order valence-electron chi connectivity index (χ0n) is 11.2. The second-order valence-corrected chi connectivity index (χ2v) is 5.48. The predicted octanol–water partition coefficient (Wildman–Crippen LogP) is 2.16. The number of fused-ring (bicyclic) bond motifs is 1. The van der Waals surface area contributed by atoms with Crippen LogP contribution in [0.5, 0.6) is 11.5 Å². The fraction of sp³-hybridized carbons (Fsp3) is 0.286. The number of ether oxygens (including phenoxy) is 2. The van der Waals surface area contributed by atoms with Gasteiger partial charge in [-0.1, -0.05) is 12.1 Å². The fourth-order valence-corrected chi connectivity index (χ4v) is 3.13. The number of ketones is 1. The zero-order valence-corrected chi connectivity index (χ0v) is 12.0. The summed E-state index contributed by atoms with van der Waals surface area (Å²) in [7, 11) is 3.25. The monoisotopic (exact) mass is 290 g/mol. The number of carbonyl (C=O) groups excluding carboxylic acids is 1. The van der Waals surface area contributed by atoms with Crippen LogP contribution in [0.25, 0.3) is 0 Å². The van der Waals surface area contributed by atoms with Crippen molar-refractivity contribution in [2.75, 3.05) is 12.9 Å². The van der Waals surface area contributed by atoms with Crippen molar-refractivity contribution in [2.24, 2.45) is 7.05 Å². The van der Waals surface area contributed by atoms with Crippen molar-refractivity contribution in [3.05, 3.63) is 36.2 Å². The number of para-hydroxylation sites is 1. The molecule has 0 amide bonds. The van der Waals surface area contributed by atoms with E-state index in [4.69, 9.17) is 9.47 Å². The van der Waals surface area contributed by atoms with Crippen LogP contribution in [0.4, 0.5) is 0 Å². The Morgan fingerprint density at radius 2 is 2.30 bits per heavy atom. The van der Waals surface area contributed by atoms with E-state index in [1.807, 2.05) is 24.3 Å². The summed E-state index contributed by atoms with van der Waals surface area (Å²) >= 11 is 1.63. The smallest absolute Gasteiger partial charge is 0.225 e.